The van der Waals surface area contributed by atoms with Crippen molar-refractivity contribution in [3.63, 3.8) is 0 Å². The standard InChI is InChI=1S/C20H14Cl2N2O2/c21-13-5-6-15(18(22)7-13)16-3-1-2-4-19(16)26-14-8-17-12(11-25)9-23-20(17)24-10-14/h1-10,25H,11H2,(H,23,24). The van der Waals surface area contributed by atoms with E-state index in [0.717, 1.165) is 22.1 Å². The predicted molar refractivity (Wildman–Crippen MR) is 104 cm³/mol. The van der Waals surface area contributed by atoms with Gasteiger partial charge in [-0.1, -0.05) is 47.5 Å². The van der Waals surface area contributed by atoms with Gasteiger partial charge in [-0.25, -0.2) is 4.98 Å². The molecule has 4 aromatic rings. The highest BCUT2D eigenvalue weighted by molar-refractivity contribution is 6.36. The fraction of sp³-hybridized carbons (Fsp3) is 0.0500. The molecule has 0 spiro atoms. The maximum absolute atomic E-state index is 9.44. The van der Waals surface area contributed by atoms with Crippen molar-refractivity contribution >= 4 is 34.2 Å². The Morgan fingerprint density at radius 1 is 1.04 bits per heavy atom. The van der Waals surface area contributed by atoms with Gasteiger partial charge in [0.2, 0.25) is 0 Å². The summed E-state index contributed by atoms with van der Waals surface area (Å²) < 4.78 is 6.08. The molecule has 0 atom stereocenters. The number of nitrogens with one attached hydrogen (secondary N) is 1. The number of aromatic amines is 1. The van der Waals surface area contributed by atoms with Crippen LogP contribution in [0.15, 0.2) is 60.9 Å². The van der Waals surface area contributed by atoms with Crippen LogP contribution in [0.25, 0.3) is 22.2 Å². The van der Waals surface area contributed by atoms with E-state index < -0.39 is 0 Å². The fourth-order valence-electron chi connectivity index (χ4n) is 2.84. The number of aromatic nitrogens is 2. The van der Waals surface area contributed by atoms with Crippen LogP contribution in [0.3, 0.4) is 0 Å². The zero-order valence-electron chi connectivity index (χ0n) is 13.5. The Morgan fingerprint density at radius 2 is 1.88 bits per heavy atom. The first-order valence-electron chi connectivity index (χ1n) is 7.95. The van der Waals surface area contributed by atoms with Gasteiger partial charge in [-0.15, -0.1) is 0 Å². The number of aliphatic hydroxyl groups is 1. The number of rotatable bonds is 4. The predicted octanol–water partition coefficient (Wildman–Crippen LogP) is 5.82. The van der Waals surface area contributed by atoms with Crippen LogP contribution < -0.4 is 4.74 Å². The molecule has 0 aliphatic carbocycles. The van der Waals surface area contributed by atoms with Crippen LogP contribution in [0.2, 0.25) is 10.0 Å². The van der Waals surface area contributed by atoms with Gasteiger partial charge in [0.05, 0.1) is 17.8 Å². The Balaban J connectivity index is 1.75. The first-order chi connectivity index (χ1) is 12.7. The number of hydrogen-bond acceptors (Lipinski definition) is 3. The molecule has 130 valence electrons. The summed E-state index contributed by atoms with van der Waals surface area (Å²) >= 11 is 12.4. The van der Waals surface area contributed by atoms with Gasteiger partial charge < -0.3 is 14.8 Å². The molecule has 0 amide bonds. The monoisotopic (exact) mass is 384 g/mol. The van der Waals surface area contributed by atoms with E-state index in [9.17, 15) is 5.11 Å². The third kappa shape index (κ3) is 3.15. The van der Waals surface area contributed by atoms with Crippen LogP contribution in [-0.4, -0.2) is 15.1 Å². The molecule has 2 aromatic heterocycles. The second-order valence-corrected chi connectivity index (χ2v) is 6.61. The maximum atomic E-state index is 9.44. The largest absolute Gasteiger partial charge is 0.455 e. The van der Waals surface area contributed by atoms with E-state index in [1.54, 1.807) is 24.5 Å². The number of nitrogens with zero attached hydrogens (tertiary/aromatic N) is 1. The Bertz CT molecular complexity index is 1090. The molecule has 4 rings (SSSR count). The summed E-state index contributed by atoms with van der Waals surface area (Å²) in [6, 6.07) is 14.8. The number of benzene rings is 2. The Hall–Kier alpha value is -2.53. The molecule has 26 heavy (non-hydrogen) atoms. The zero-order chi connectivity index (χ0) is 18.1. The molecule has 0 saturated carbocycles. The minimum absolute atomic E-state index is 0.0674. The second-order valence-electron chi connectivity index (χ2n) is 5.76. The molecule has 0 bridgehead atoms. The molecule has 0 fully saturated rings. The number of ether oxygens (including phenoxy) is 1. The molecule has 0 aliphatic heterocycles. The van der Waals surface area contributed by atoms with Crippen molar-refractivity contribution in [2.75, 3.05) is 0 Å². The van der Waals surface area contributed by atoms with E-state index in [2.05, 4.69) is 9.97 Å². The highest BCUT2D eigenvalue weighted by atomic mass is 35.5. The quantitative estimate of drug-likeness (QED) is 0.465. The summed E-state index contributed by atoms with van der Waals surface area (Å²) in [5.74, 6) is 1.23. The van der Waals surface area contributed by atoms with Crippen molar-refractivity contribution in [3.05, 3.63) is 76.5 Å². The van der Waals surface area contributed by atoms with Gasteiger partial charge in [0.25, 0.3) is 0 Å². The van der Waals surface area contributed by atoms with Crippen LogP contribution >= 0.6 is 23.2 Å². The third-order valence-electron chi connectivity index (χ3n) is 4.10. The molecule has 6 heteroatoms. The van der Waals surface area contributed by atoms with E-state index in [1.165, 1.54) is 0 Å². The van der Waals surface area contributed by atoms with Crippen molar-refractivity contribution in [1.82, 2.24) is 9.97 Å². The molecule has 0 saturated heterocycles. The first-order valence-corrected chi connectivity index (χ1v) is 8.70. The smallest absolute Gasteiger partial charge is 0.146 e. The van der Waals surface area contributed by atoms with E-state index in [0.29, 0.717) is 27.2 Å². The lowest BCUT2D eigenvalue weighted by Gasteiger charge is -2.12. The summed E-state index contributed by atoms with van der Waals surface area (Å²) in [7, 11) is 0. The zero-order valence-corrected chi connectivity index (χ0v) is 15.1. The van der Waals surface area contributed by atoms with E-state index in [-0.39, 0.29) is 6.61 Å². The first kappa shape index (κ1) is 16.9. The third-order valence-corrected chi connectivity index (χ3v) is 4.65. The fourth-order valence-corrected chi connectivity index (χ4v) is 3.35. The van der Waals surface area contributed by atoms with Gasteiger partial charge in [-0.2, -0.15) is 0 Å². The minimum atomic E-state index is -0.0674. The molecule has 0 radical (unpaired) electrons. The van der Waals surface area contributed by atoms with E-state index in [1.807, 2.05) is 36.4 Å². The summed E-state index contributed by atoms with van der Waals surface area (Å²) in [4.78, 5) is 7.37. The minimum Gasteiger partial charge on any atom is -0.455 e. The number of halogens is 2. The van der Waals surface area contributed by atoms with Crippen molar-refractivity contribution in [1.29, 1.82) is 0 Å². The van der Waals surface area contributed by atoms with E-state index in [4.69, 9.17) is 27.9 Å². The highest BCUT2D eigenvalue weighted by Crippen LogP contribution is 2.38. The number of H-pyrrole nitrogens is 1. The Kier molecular flexibility index (Phi) is 4.55. The molecule has 2 heterocycles. The van der Waals surface area contributed by atoms with Crippen molar-refractivity contribution < 1.29 is 9.84 Å². The molecule has 0 unspecified atom stereocenters. The molecular formula is C20H14Cl2N2O2. The number of para-hydroxylation sites is 1. The molecular weight excluding hydrogens is 371 g/mol. The summed E-state index contributed by atoms with van der Waals surface area (Å²) in [6.45, 7) is -0.0674. The lowest BCUT2D eigenvalue weighted by Crippen LogP contribution is -1.90. The van der Waals surface area contributed by atoms with Crippen molar-refractivity contribution in [2.45, 2.75) is 6.61 Å². The summed E-state index contributed by atoms with van der Waals surface area (Å²) in [5, 5.41) is 11.4. The number of pyridine rings is 1. The average molecular weight is 385 g/mol. The van der Waals surface area contributed by atoms with Crippen molar-refractivity contribution in [2.24, 2.45) is 0 Å². The van der Waals surface area contributed by atoms with Gasteiger partial charge in [0.15, 0.2) is 0 Å². The highest BCUT2D eigenvalue weighted by Gasteiger charge is 2.12. The van der Waals surface area contributed by atoms with E-state index >= 15 is 0 Å². The van der Waals surface area contributed by atoms with Crippen LogP contribution in [0.1, 0.15) is 5.56 Å². The topological polar surface area (TPSA) is 58.1 Å². The van der Waals surface area contributed by atoms with Crippen LogP contribution in [0.4, 0.5) is 0 Å². The van der Waals surface area contributed by atoms with Gasteiger partial charge in [-0.3, -0.25) is 0 Å². The lowest BCUT2D eigenvalue weighted by molar-refractivity contribution is 0.283. The van der Waals surface area contributed by atoms with Gasteiger partial charge in [-0.05, 0) is 24.3 Å². The molecule has 4 nitrogen and oxygen atoms in total. The number of fused-ring (bicyclic) bond motifs is 1. The molecule has 2 N–H and O–H groups in total. The van der Waals surface area contributed by atoms with Gasteiger partial charge >= 0.3 is 0 Å². The number of hydrogen-bond donors (Lipinski definition) is 2. The maximum Gasteiger partial charge on any atom is 0.146 e. The molecule has 2 aromatic carbocycles. The SMILES string of the molecule is OCc1c[nH]c2ncc(Oc3ccccc3-c3ccc(Cl)cc3Cl)cc12. The summed E-state index contributed by atoms with van der Waals surface area (Å²) in [6.07, 6.45) is 3.38. The van der Waals surface area contributed by atoms with Crippen LogP contribution in [0.5, 0.6) is 11.5 Å². The molecule has 0 aliphatic rings. The Labute approximate surface area is 160 Å². The number of aliphatic hydroxyl groups excluding tert-OH is 1. The van der Waals surface area contributed by atoms with Crippen molar-refractivity contribution in [3.8, 4) is 22.6 Å². The van der Waals surface area contributed by atoms with Crippen LogP contribution in [0, 0.1) is 0 Å². The van der Waals surface area contributed by atoms with Crippen LogP contribution in [-0.2, 0) is 6.61 Å². The summed E-state index contributed by atoms with van der Waals surface area (Å²) in [5.41, 5.74) is 3.16. The second kappa shape index (κ2) is 7.00. The lowest BCUT2D eigenvalue weighted by atomic mass is 10.0. The normalized spacial score (nSPS) is 11.0. The Morgan fingerprint density at radius 3 is 2.69 bits per heavy atom. The average Bonchev–Trinajstić information content (AvgIpc) is 3.05. The van der Waals surface area contributed by atoms with Gasteiger partial charge in [0.1, 0.15) is 17.1 Å². The van der Waals surface area contributed by atoms with Gasteiger partial charge in [0, 0.05) is 33.3 Å².